The van der Waals surface area contributed by atoms with Crippen molar-refractivity contribution in [3.05, 3.63) is 23.5 Å². The molecule has 1 aromatic rings. The van der Waals surface area contributed by atoms with Crippen molar-refractivity contribution < 1.29 is 18.3 Å². The van der Waals surface area contributed by atoms with E-state index in [2.05, 4.69) is 9.71 Å². The van der Waals surface area contributed by atoms with Crippen LogP contribution in [0.15, 0.2) is 23.2 Å². The Morgan fingerprint density at radius 3 is 3.00 bits per heavy atom. The minimum absolute atomic E-state index is 0.0164. The second-order valence-electron chi connectivity index (χ2n) is 4.51. The van der Waals surface area contributed by atoms with Gasteiger partial charge < -0.3 is 9.84 Å². The Bertz CT molecular complexity index is 566. The number of nitrogens with zero attached hydrogens (tertiary/aromatic N) is 1. The molecule has 2 N–H and O–H groups in total. The van der Waals surface area contributed by atoms with E-state index < -0.39 is 21.7 Å². The number of nitrogens with one attached hydrogen (secondary N) is 1. The molecule has 1 aromatic heterocycles. The molecule has 8 heteroatoms. The van der Waals surface area contributed by atoms with E-state index in [4.69, 9.17) is 16.3 Å². The minimum atomic E-state index is -3.72. The van der Waals surface area contributed by atoms with Gasteiger partial charge in [0.2, 0.25) is 10.0 Å². The summed E-state index contributed by atoms with van der Waals surface area (Å²) in [5, 5.41) is 10.3. The van der Waals surface area contributed by atoms with Gasteiger partial charge in [0.25, 0.3) is 0 Å². The summed E-state index contributed by atoms with van der Waals surface area (Å²) in [6, 6.07) is 2.59. The van der Waals surface area contributed by atoms with Crippen molar-refractivity contribution in [2.24, 2.45) is 0 Å². The van der Waals surface area contributed by atoms with Crippen molar-refractivity contribution in [2.45, 2.75) is 29.9 Å². The van der Waals surface area contributed by atoms with Crippen LogP contribution in [0, 0.1) is 0 Å². The molecule has 2 heterocycles. The number of aromatic nitrogens is 1. The van der Waals surface area contributed by atoms with E-state index >= 15 is 0 Å². The van der Waals surface area contributed by atoms with Crippen LogP contribution in [0.5, 0.6) is 0 Å². The normalized spacial score (nSPS) is 27.6. The van der Waals surface area contributed by atoms with Gasteiger partial charge in [-0.1, -0.05) is 11.6 Å². The van der Waals surface area contributed by atoms with Crippen LogP contribution in [0.25, 0.3) is 0 Å². The molecular weight excluding hydrogens is 292 g/mol. The topological polar surface area (TPSA) is 88.5 Å². The minimum Gasteiger partial charge on any atom is -0.386 e. The average molecular weight is 307 g/mol. The maximum atomic E-state index is 12.0. The van der Waals surface area contributed by atoms with Gasteiger partial charge in [-0.2, -0.15) is 0 Å². The predicted molar refractivity (Wildman–Crippen MR) is 69.4 cm³/mol. The number of hydrogen-bond acceptors (Lipinski definition) is 5. The first-order valence-electron chi connectivity index (χ1n) is 5.79. The summed E-state index contributed by atoms with van der Waals surface area (Å²) in [4.78, 5) is 3.74. The molecule has 0 bridgehead atoms. The molecule has 1 aliphatic heterocycles. The van der Waals surface area contributed by atoms with Crippen LogP contribution in [-0.2, 0) is 14.8 Å². The van der Waals surface area contributed by atoms with Crippen LogP contribution in [0.2, 0.25) is 5.15 Å². The fourth-order valence-electron chi connectivity index (χ4n) is 1.86. The summed E-state index contributed by atoms with van der Waals surface area (Å²) in [6.07, 6.45) is 1.30. The van der Waals surface area contributed by atoms with Crippen LogP contribution in [0.4, 0.5) is 0 Å². The molecule has 2 atom stereocenters. The van der Waals surface area contributed by atoms with Crippen LogP contribution in [0.3, 0.4) is 0 Å². The van der Waals surface area contributed by atoms with E-state index in [1.165, 1.54) is 18.3 Å². The molecule has 0 radical (unpaired) electrons. The molecule has 1 fully saturated rings. The van der Waals surface area contributed by atoms with Gasteiger partial charge in [-0.25, -0.2) is 18.1 Å². The van der Waals surface area contributed by atoms with Crippen molar-refractivity contribution in [3.8, 4) is 0 Å². The van der Waals surface area contributed by atoms with Gasteiger partial charge in [-0.15, -0.1) is 0 Å². The summed E-state index contributed by atoms with van der Waals surface area (Å²) in [7, 11) is -3.72. The summed E-state index contributed by atoms with van der Waals surface area (Å²) in [6.45, 7) is 2.03. The molecule has 2 unspecified atom stereocenters. The lowest BCUT2D eigenvalue weighted by Gasteiger charge is -2.26. The highest BCUT2D eigenvalue weighted by molar-refractivity contribution is 7.89. The molecule has 0 amide bonds. The Morgan fingerprint density at radius 1 is 1.68 bits per heavy atom. The van der Waals surface area contributed by atoms with Gasteiger partial charge in [0.1, 0.15) is 10.8 Å². The van der Waals surface area contributed by atoms with Gasteiger partial charge in [0.05, 0.1) is 11.0 Å². The Balaban J connectivity index is 2.10. The summed E-state index contributed by atoms with van der Waals surface area (Å²) in [5.74, 6) is 0. The van der Waals surface area contributed by atoms with Crippen LogP contribution >= 0.6 is 11.6 Å². The SMILES string of the molecule is CC1OCCC1(O)CNS(=O)(=O)c1ccnc(Cl)c1. The zero-order valence-electron chi connectivity index (χ0n) is 10.3. The highest BCUT2D eigenvalue weighted by Gasteiger charge is 2.40. The smallest absolute Gasteiger partial charge is 0.240 e. The Hall–Kier alpha value is -0.730. The Kier molecular flexibility index (Phi) is 4.12. The molecule has 0 spiro atoms. The third kappa shape index (κ3) is 3.24. The van der Waals surface area contributed by atoms with Gasteiger partial charge in [0, 0.05) is 25.8 Å². The lowest BCUT2D eigenvalue weighted by molar-refractivity contribution is -0.0228. The first-order chi connectivity index (χ1) is 8.83. The highest BCUT2D eigenvalue weighted by Crippen LogP contribution is 2.25. The van der Waals surface area contributed by atoms with Crippen LogP contribution in [0.1, 0.15) is 13.3 Å². The lowest BCUT2D eigenvalue weighted by Crippen LogP contribution is -2.47. The van der Waals surface area contributed by atoms with Gasteiger partial charge >= 0.3 is 0 Å². The van der Waals surface area contributed by atoms with Crippen molar-refractivity contribution in [3.63, 3.8) is 0 Å². The lowest BCUT2D eigenvalue weighted by atomic mass is 9.97. The number of rotatable bonds is 4. The Morgan fingerprint density at radius 2 is 2.42 bits per heavy atom. The van der Waals surface area contributed by atoms with Crippen LogP contribution < -0.4 is 4.72 Å². The molecule has 106 valence electrons. The van der Waals surface area contributed by atoms with Crippen molar-refractivity contribution in [1.29, 1.82) is 0 Å². The zero-order chi connectivity index (χ0) is 14.1. The molecule has 0 saturated carbocycles. The fourth-order valence-corrected chi connectivity index (χ4v) is 3.21. The maximum Gasteiger partial charge on any atom is 0.240 e. The highest BCUT2D eigenvalue weighted by atomic mass is 35.5. The summed E-state index contributed by atoms with van der Waals surface area (Å²) in [5.41, 5.74) is -1.18. The van der Waals surface area contributed by atoms with E-state index in [1.54, 1.807) is 6.92 Å². The van der Waals surface area contributed by atoms with Crippen LogP contribution in [-0.4, -0.2) is 43.4 Å². The van der Waals surface area contributed by atoms with Gasteiger partial charge in [-0.05, 0) is 19.1 Å². The molecule has 1 aliphatic rings. The number of hydrogen-bond donors (Lipinski definition) is 2. The van der Waals surface area contributed by atoms with Gasteiger partial charge in [-0.3, -0.25) is 0 Å². The van der Waals surface area contributed by atoms with E-state index in [1.807, 2.05) is 0 Å². The standard InChI is InChI=1S/C11H15ClN2O4S/c1-8-11(15,3-5-18-8)7-14-19(16,17)9-2-4-13-10(12)6-9/h2,4,6,8,14-15H,3,5,7H2,1H3. The third-order valence-corrected chi connectivity index (χ3v) is 4.84. The summed E-state index contributed by atoms with van der Waals surface area (Å²) < 4.78 is 31.7. The number of aliphatic hydroxyl groups is 1. The summed E-state index contributed by atoms with van der Waals surface area (Å²) >= 11 is 5.66. The molecule has 2 rings (SSSR count). The number of sulfonamides is 1. The number of ether oxygens (including phenoxy) is 1. The first-order valence-corrected chi connectivity index (χ1v) is 7.65. The molecular formula is C11H15ClN2O4S. The third-order valence-electron chi connectivity index (χ3n) is 3.24. The van der Waals surface area contributed by atoms with E-state index in [-0.39, 0.29) is 16.6 Å². The largest absolute Gasteiger partial charge is 0.386 e. The first kappa shape index (κ1) is 14.7. The zero-order valence-corrected chi connectivity index (χ0v) is 11.9. The number of pyridine rings is 1. The van der Waals surface area contributed by atoms with E-state index in [9.17, 15) is 13.5 Å². The van der Waals surface area contributed by atoms with Crippen molar-refractivity contribution in [1.82, 2.24) is 9.71 Å². The second-order valence-corrected chi connectivity index (χ2v) is 6.66. The number of halogens is 1. The van der Waals surface area contributed by atoms with E-state index in [0.717, 1.165) is 0 Å². The quantitative estimate of drug-likeness (QED) is 0.793. The average Bonchev–Trinajstić information content (AvgIpc) is 2.68. The maximum absolute atomic E-state index is 12.0. The van der Waals surface area contributed by atoms with Crippen molar-refractivity contribution in [2.75, 3.05) is 13.2 Å². The molecule has 0 aromatic carbocycles. The Labute approximate surface area is 116 Å². The van der Waals surface area contributed by atoms with E-state index in [0.29, 0.717) is 13.0 Å². The predicted octanol–water partition coefficient (Wildman–Crippen LogP) is 0.553. The monoisotopic (exact) mass is 306 g/mol. The fraction of sp³-hybridized carbons (Fsp3) is 0.545. The molecule has 6 nitrogen and oxygen atoms in total. The second kappa shape index (κ2) is 5.34. The molecule has 0 aliphatic carbocycles. The molecule has 1 saturated heterocycles. The molecule has 19 heavy (non-hydrogen) atoms. The van der Waals surface area contributed by atoms with Gasteiger partial charge in [0.15, 0.2) is 0 Å². The van der Waals surface area contributed by atoms with Crippen molar-refractivity contribution >= 4 is 21.6 Å².